The van der Waals surface area contributed by atoms with E-state index in [1.807, 2.05) is 37.3 Å². The van der Waals surface area contributed by atoms with Gasteiger partial charge in [0.2, 0.25) is 11.8 Å². The van der Waals surface area contributed by atoms with Gasteiger partial charge in [-0.25, -0.2) is 5.43 Å². The standard InChI is InChI=1S/C20H23N3O4/c1-3-27-16-8-6-7-15(13-16)14-21-23-20(25)12-11-19(24)22-17-9-4-5-10-18(17)26-2/h4-10,13-14H,3,11-12H2,1-2H3,(H,22,24)(H,23,25). The van der Waals surface area contributed by atoms with E-state index in [1.165, 1.54) is 13.3 Å². The third-order valence-corrected chi connectivity index (χ3v) is 3.53. The van der Waals surface area contributed by atoms with Crippen molar-refractivity contribution < 1.29 is 19.1 Å². The predicted octanol–water partition coefficient (Wildman–Crippen LogP) is 2.96. The summed E-state index contributed by atoms with van der Waals surface area (Å²) in [6.45, 7) is 2.49. The quantitative estimate of drug-likeness (QED) is 0.525. The Morgan fingerprint density at radius 3 is 2.63 bits per heavy atom. The van der Waals surface area contributed by atoms with Gasteiger partial charge in [-0.3, -0.25) is 9.59 Å². The normalized spacial score (nSPS) is 10.4. The molecule has 142 valence electrons. The Balaban J connectivity index is 1.77. The Labute approximate surface area is 158 Å². The molecule has 0 aromatic heterocycles. The van der Waals surface area contributed by atoms with E-state index in [2.05, 4.69) is 15.8 Å². The monoisotopic (exact) mass is 369 g/mol. The molecule has 7 nitrogen and oxygen atoms in total. The van der Waals surface area contributed by atoms with E-state index in [-0.39, 0.29) is 24.7 Å². The van der Waals surface area contributed by atoms with Crippen LogP contribution in [0.2, 0.25) is 0 Å². The van der Waals surface area contributed by atoms with Crippen LogP contribution in [0, 0.1) is 0 Å². The van der Waals surface area contributed by atoms with Gasteiger partial charge in [0.1, 0.15) is 11.5 Å². The lowest BCUT2D eigenvalue weighted by Gasteiger charge is -2.09. The molecular formula is C20H23N3O4. The van der Waals surface area contributed by atoms with Crippen molar-refractivity contribution in [2.45, 2.75) is 19.8 Å². The van der Waals surface area contributed by atoms with E-state index in [0.29, 0.717) is 18.0 Å². The number of carbonyl (C=O) groups excluding carboxylic acids is 2. The molecule has 0 aliphatic heterocycles. The summed E-state index contributed by atoms with van der Waals surface area (Å²) in [5.41, 5.74) is 3.78. The van der Waals surface area contributed by atoms with Gasteiger partial charge in [-0.2, -0.15) is 5.10 Å². The number of hydrazone groups is 1. The second-order valence-corrected chi connectivity index (χ2v) is 5.55. The Morgan fingerprint density at radius 1 is 1.07 bits per heavy atom. The number of methoxy groups -OCH3 is 1. The Morgan fingerprint density at radius 2 is 1.85 bits per heavy atom. The largest absolute Gasteiger partial charge is 0.495 e. The van der Waals surface area contributed by atoms with Crippen LogP contribution in [-0.2, 0) is 9.59 Å². The molecule has 7 heteroatoms. The zero-order chi connectivity index (χ0) is 19.5. The van der Waals surface area contributed by atoms with E-state index >= 15 is 0 Å². The number of ether oxygens (including phenoxy) is 2. The first-order chi connectivity index (χ1) is 13.1. The fourth-order valence-corrected chi connectivity index (χ4v) is 2.27. The molecule has 0 aliphatic carbocycles. The van der Waals surface area contributed by atoms with Crippen LogP contribution in [0.1, 0.15) is 25.3 Å². The number of hydrogen-bond donors (Lipinski definition) is 2. The number of nitrogens with zero attached hydrogens (tertiary/aromatic N) is 1. The average molecular weight is 369 g/mol. The molecule has 2 amide bonds. The number of para-hydroxylation sites is 2. The van der Waals surface area contributed by atoms with Gasteiger partial charge in [0.05, 0.1) is 25.6 Å². The van der Waals surface area contributed by atoms with Crippen LogP contribution in [0.3, 0.4) is 0 Å². The molecule has 0 aliphatic rings. The maximum Gasteiger partial charge on any atom is 0.240 e. The van der Waals surface area contributed by atoms with Crippen molar-refractivity contribution in [1.29, 1.82) is 0 Å². The van der Waals surface area contributed by atoms with E-state index in [4.69, 9.17) is 9.47 Å². The highest BCUT2D eigenvalue weighted by molar-refractivity contribution is 5.94. The number of amides is 2. The van der Waals surface area contributed by atoms with Crippen LogP contribution in [0.25, 0.3) is 0 Å². The van der Waals surface area contributed by atoms with E-state index in [9.17, 15) is 9.59 Å². The minimum absolute atomic E-state index is 0.0251. The molecule has 27 heavy (non-hydrogen) atoms. The van der Waals surface area contributed by atoms with E-state index in [1.54, 1.807) is 18.2 Å². The predicted molar refractivity (Wildman–Crippen MR) is 104 cm³/mol. The molecule has 0 heterocycles. The number of anilines is 1. The summed E-state index contributed by atoms with van der Waals surface area (Å²) < 4.78 is 10.6. The van der Waals surface area contributed by atoms with Crippen molar-refractivity contribution in [3.63, 3.8) is 0 Å². The van der Waals surface area contributed by atoms with Crippen molar-refractivity contribution in [2.75, 3.05) is 19.0 Å². The molecule has 0 unspecified atom stereocenters. The highest BCUT2D eigenvalue weighted by atomic mass is 16.5. The maximum absolute atomic E-state index is 12.0. The van der Waals surface area contributed by atoms with Crippen molar-refractivity contribution >= 4 is 23.7 Å². The van der Waals surface area contributed by atoms with Gasteiger partial charge in [-0.1, -0.05) is 24.3 Å². The van der Waals surface area contributed by atoms with Gasteiger partial charge in [0.25, 0.3) is 0 Å². The summed E-state index contributed by atoms with van der Waals surface area (Å²) in [7, 11) is 1.53. The molecule has 0 spiro atoms. The molecule has 2 rings (SSSR count). The summed E-state index contributed by atoms with van der Waals surface area (Å²) in [4.78, 5) is 23.8. The van der Waals surface area contributed by atoms with Gasteiger partial charge < -0.3 is 14.8 Å². The summed E-state index contributed by atoms with van der Waals surface area (Å²) >= 11 is 0. The zero-order valence-electron chi connectivity index (χ0n) is 15.4. The van der Waals surface area contributed by atoms with Gasteiger partial charge in [-0.05, 0) is 36.8 Å². The Bertz CT molecular complexity index is 805. The van der Waals surface area contributed by atoms with Crippen molar-refractivity contribution in [3.8, 4) is 11.5 Å². The Hall–Kier alpha value is -3.35. The summed E-state index contributed by atoms with van der Waals surface area (Å²) in [5, 5.41) is 6.62. The fraction of sp³-hybridized carbons (Fsp3) is 0.250. The summed E-state index contributed by atoms with van der Waals surface area (Å²) in [6, 6.07) is 14.4. The topological polar surface area (TPSA) is 89.0 Å². The second-order valence-electron chi connectivity index (χ2n) is 5.55. The molecule has 0 atom stereocenters. The molecule has 0 bridgehead atoms. The zero-order valence-corrected chi connectivity index (χ0v) is 15.4. The van der Waals surface area contributed by atoms with Crippen LogP contribution in [0.15, 0.2) is 53.6 Å². The number of carbonyl (C=O) groups is 2. The van der Waals surface area contributed by atoms with Crippen LogP contribution < -0.4 is 20.2 Å². The lowest BCUT2D eigenvalue weighted by atomic mass is 10.2. The first-order valence-corrected chi connectivity index (χ1v) is 8.60. The smallest absolute Gasteiger partial charge is 0.240 e. The van der Waals surface area contributed by atoms with Gasteiger partial charge in [0, 0.05) is 12.8 Å². The molecule has 2 N–H and O–H groups in total. The molecule has 0 fully saturated rings. The van der Waals surface area contributed by atoms with Gasteiger partial charge in [-0.15, -0.1) is 0 Å². The first kappa shape index (κ1) is 20.0. The molecule has 2 aromatic rings. The summed E-state index contributed by atoms with van der Waals surface area (Å²) in [6.07, 6.45) is 1.59. The van der Waals surface area contributed by atoms with Gasteiger partial charge in [0.15, 0.2) is 0 Å². The molecule has 0 radical (unpaired) electrons. The van der Waals surface area contributed by atoms with E-state index < -0.39 is 0 Å². The SMILES string of the molecule is CCOc1cccc(C=NNC(=O)CCC(=O)Nc2ccccc2OC)c1. The third-order valence-electron chi connectivity index (χ3n) is 3.53. The summed E-state index contributed by atoms with van der Waals surface area (Å²) in [5.74, 6) is 0.681. The second kappa shape index (κ2) is 10.6. The average Bonchev–Trinajstić information content (AvgIpc) is 2.67. The fourth-order valence-electron chi connectivity index (χ4n) is 2.27. The van der Waals surface area contributed by atoms with Gasteiger partial charge >= 0.3 is 0 Å². The van der Waals surface area contributed by atoms with Crippen LogP contribution in [0.4, 0.5) is 5.69 Å². The molecular weight excluding hydrogens is 346 g/mol. The number of nitrogens with one attached hydrogen (secondary N) is 2. The lowest BCUT2D eigenvalue weighted by molar-refractivity contribution is -0.124. The Kier molecular flexibility index (Phi) is 7.84. The number of benzene rings is 2. The van der Waals surface area contributed by atoms with Crippen LogP contribution in [0.5, 0.6) is 11.5 Å². The highest BCUT2D eigenvalue weighted by Crippen LogP contribution is 2.23. The number of rotatable bonds is 9. The minimum Gasteiger partial charge on any atom is -0.495 e. The van der Waals surface area contributed by atoms with Crippen molar-refractivity contribution in [1.82, 2.24) is 5.43 Å². The van der Waals surface area contributed by atoms with Crippen molar-refractivity contribution in [2.24, 2.45) is 5.10 Å². The number of hydrogen-bond acceptors (Lipinski definition) is 5. The third kappa shape index (κ3) is 6.81. The highest BCUT2D eigenvalue weighted by Gasteiger charge is 2.09. The molecule has 0 saturated heterocycles. The first-order valence-electron chi connectivity index (χ1n) is 8.60. The maximum atomic E-state index is 12.0. The van der Waals surface area contributed by atoms with Crippen LogP contribution >= 0.6 is 0 Å². The van der Waals surface area contributed by atoms with E-state index in [0.717, 1.165) is 11.3 Å². The van der Waals surface area contributed by atoms with Crippen molar-refractivity contribution in [3.05, 3.63) is 54.1 Å². The minimum atomic E-state index is -0.345. The van der Waals surface area contributed by atoms with Crippen LogP contribution in [-0.4, -0.2) is 31.7 Å². The lowest BCUT2D eigenvalue weighted by Crippen LogP contribution is -2.20. The molecule has 0 saturated carbocycles. The molecule has 2 aromatic carbocycles.